The minimum atomic E-state index is -1.28. The maximum Gasteiger partial charge on any atom is 0.252 e. The Morgan fingerprint density at radius 3 is 2.47 bits per heavy atom. The van der Waals surface area contributed by atoms with Gasteiger partial charge in [-0.15, -0.1) is 0 Å². The first-order valence-electron chi connectivity index (χ1n) is 11.6. The zero-order chi connectivity index (χ0) is 24.3. The molecule has 1 saturated heterocycles. The van der Waals surface area contributed by atoms with Gasteiger partial charge in [0.1, 0.15) is 17.5 Å². The summed E-state index contributed by atoms with van der Waals surface area (Å²) >= 11 is 0. The van der Waals surface area contributed by atoms with Crippen molar-refractivity contribution in [3.05, 3.63) is 59.7 Å². The fourth-order valence-electron chi connectivity index (χ4n) is 4.34. The maximum atomic E-state index is 14.4. The van der Waals surface area contributed by atoms with Crippen LogP contribution in [-0.4, -0.2) is 59.0 Å². The topological polar surface area (TPSA) is 112 Å². The van der Waals surface area contributed by atoms with E-state index in [1.165, 1.54) is 25.4 Å². The molecule has 34 heavy (non-hydrogen) atoms. The number of amides is 2. The largest absolute Gasteiger partial charge is 0.385 e. The lowest BCUT2D eigenvalue weighted by Crippen LogP contribution is -2.50. The van der Waals surface area contributed by atoms with Crippen molar-refractivity contribution >= 4 is 23.3 Å². The van der Waals surface area contributed by atoms with Crippen LogP contribution in [-0.2, 0) is 4.79 Å². The van der Waals surface area contributed by atoms with Gasteiger partial charge in [-0.3, -0.25) is 19.4 Å². The smallest absolute Gasteiger partial charge is 0.252 e. The molecule has 1 aliphatic heterocycles. The maximum absolute atomic E-state index is 14.4. The third kappa shape index (κ3) is 5.09. The lowest BCUT2D eigenvalue weighted by Gasteiger charge is -2.35. The Labute approximate surface area is 197 Å². The van der Waals surface area contributed by atoms with Gasteiger partial charge in [-0.2, -0.15) is 0 Å². The first-order chi connectivity index (χ1) is 16.3. The van der Waals surface area contributed by atoms with Crippen molar-refractivity contribution in [2.24, 2.45) is 5.92 Å². The van der Waals surface area contributed by atoms with Gasteiger partial charge in [-0.1, -0.05) is 6.07 Å². The standard InChI is InChI=1S/C25H29FN4O4/c1-16(31)22(32)21-19(26)3-2-4-20(21)30-13-7-17(8-14-30)15-28-24(34)25(9-10-25)29-23(33)18-5-11-27-12-6-18/h2-6,11-12,16-17,31H,7-10,13-15H2,1H3,(H,28,34)(H,29,33). The highest BCUT2D eigenvalue weighted by Gasteiger charge is 2.51. The number of halogens is 1. The predicted octanol–water partition coefficient (Wildman–Crippen LogP) is 2.08. The molecule has 1 saturated carbocycles. The molecule has 180 valence electrons. The number of hydrogen-bond donors (Lipinski definition) is 3. The van der Waals surface area contributed by atoms with Gasteiger partial charge in [0.15, 0.2) is 5.78 Å². The van der Waals surface area contributed by atoms with Crippen LogP contribution in [0.4, 0.5) is 10.1 Å². The van der Waals surface area contributed by atoms with Crippen molar-refractivity contribution in [2.45, 2.75) is 44.2 Å². The molecule has 1 aromatic heterocycles. The van der Waals surface area contributed by atoms with E-state index in [4.69, 9.17) is 0 Å². The molecule has 1 unspecified atom stereocenters. The van der Waals surface area contributed by atoms with E-state index in [9.17, 15) is 23.9 Å². The normalized spacial score (nSPS) is 18.1. The number of piperidine rings is 1. The third-order valence-corrected chi connectivity index (χ3v) is 6.60. The number of aliphatic hydroxyl groups is 1. The number of ketones is 1. The van der Waals surface area contributed by atoms with Crippen LogP contribution in [0.5, 0.6) is 0 Å². The summed E-state index contributed by atoms with van der Waals surface area (Å²) in [5, 5.41) is 15.5. The van der Waals surface area contributed by atoms with Crippen molar-refractivity contribution in [2.75, 3.05) is 24.5 Å². The van der Waals surface area contributed by atoms with Gasteiger partial charge in [0.25, 0.3) is 5.91 Å². The molecule has 0 bridgehead atoms. The second kappa shape index (κ2) is 9.89. The Morgan fingerprint density at radius 2 is 1.85 bits per heavy atom. The van der Waals surface area contributed by atoms with Gasteiger partial charge in [-0.25, -0.2) is 4.39 Å². The Hall–Kier alpha value is -3.33. The average molecular weight is 469 g/mol. The highest BCUT2D eigenvalue weighted by Crippen LogP contribution is 2.36. The van der Waals surface area contributed by atoms with Crippen molar-refractivity contribution in [3.63, 3.8) is 0 Å². The van der Waals surface area contributed by atoms with Crippen LogP contribution in [0.15, 0.2) is 42.7 Å². The summed E-state index contributed by atoms with van der Waals surface area (Å²) in [5.41, 5.74) is 0.0278. The highest BCUT2D eigenvalue weighted by atomic mass is 19.1. The first-order valence-corrected chi connectivity index (χ1v) is 11.6. The quantitative estimate of drug-likeness (QED) is 0.512. The van der Waals surface area contributed by atoms with E-state index in [2.05, 4.69) is 15.6 Å². The van der Waals surface area contributed by atoms with Crippen LogP contribution in [0.1, 0.15) is 53.3 Å². The molecule has 1 aliphatic carbocycles. The monoisotopic (exact) mass is 468 g/mol. The lowest BCUT2D eigenvalue weighted by atomic mass is 9.94. The van der Waals surface area contributed by atoms with Gasteiger partial charge in [0.05, 0.1) is 11.3 Å². The number of benzene rings is 1. The van der Waals surface area contributed by atoms with E-state index >= 15 is 0 Å². The molecule has 2 heterocycles. The average Bonchev–Trinajstić information content (AvgIpc) is 3.63. The summed E-state index contributed by atoms with van der Waals surface area (Å²) < 4.78 is 14.4. The predicted molar refractivity (Wildman–Crippen MR) is 124 cm³/mol. The van der Waals surface area contributed by atoms with Crippen LogP contribution < -0.4 is 15.5 Å². The van der Waals surface area contributed by atoms with Crippen LogP contribution >= 0.6 is 0 Å². The number of Topliss-reactive ketones (excluding diaryl/α,β-unsaturated/α-hetero) is 1. The van der Waals surface area contributed by atoms with Crippen LogP contribution in [0.2, 0.25) is 0 Å². The molecule has 2 aromatic rings. The van der Waals surface area contributed by atoms with Crippen molar-refractivity contribution in [3.8, 4) is 0 Å². The molecule has 4 rings (SSSR count). The van der Waals surface area contributed by atoms with Crippen LogP contribution in [0, 0.1) is 11.7 Å². The number of rotatable bonds is 8. The number of aromatic nitrogens is 1. The second-order valence-corrected chi connectivity index (χ2v) is 9.09. The minimum Gasteiger partial charge on any atom is -0.385 e. The SMILES string of the molecule is CC(O)C(=O)c1c(F)cccc1N1CCC(CNC(=O)C2(NC(=O)c3ccncc3)CC2)CC1. The van der Waals surface area contributed by atoms with E-state index in [1.807, 2.05) is 4.90 Å². The van der Waals surface area contributed by atoms with Crippen molar-refractivity contribution < 1.29 is 23.9 Å². The Kier molecular flexibility index (Phi) is 6.92. The van der Waals surface area contributed by atoms with E-state index in [-0.39, 0.29) is 23.3 Å². The zero-order valence-corrected chi connectivity index (χ0v) is 19.1. The first kappa shape index (κ1) is 23.8. The number of hydrogen-bond acceptors (Lipinski definition) is 6. The molecule has 2 fully saturated rings. The number of carbonyl (C=O) groups excluding carboxylic acids is 3. The number of nitrogens with one attached hydrogen (secondary N) is 2. The second-order valence-electron chi connectivity index (χ2n) is 9.09. The number of nitrogens with zero attached hydrogens (tertiary/aromatic N) is 2. The molecule has 3 N–H and O–H groups in total. The highest BCUT2D eigenvalue weighted by molar-refractivity contribution is 6.04. The van der Waals surface area contributed by atoms with Crippen LogP contribution in [0.3, 0.4) is 0 Å². The van der Waals surface area contributed by atoms with Gasteiger partial charge < -0.3 is 20.6 Å². The molecule has 1 aromatic carbocycles. The molecule has 0 radical (unpaired) electrons. The fraction of sp³-hybridized carbons (Fsp3) is 0.440. The molecular formula is C25H29FN4O4. The summed E-state index contributed by atoms with van der Waals surface area (Å²) in [7, 11) is 0. The van der Waals surface area contributed by atoms with Gasteiger partial charge >= 0.3 is 0 Å². The Balaban J connectivity index is 1.30. The van der Waals surface area contributed by atoms with Crippen LogP contribution in [0.25, 0.3) is 0 Å². The van der Waals surface area contributed by atoms with E-state index in [0.29, 0.717) is 43.7 Å². The van der Waals surface area contributed by atoms with Gasteiger partial charge in [0, 0.05) is 37.6 Å². The molecule has 0 spiro atoms. The fourth-order valence-corrected chi connectivity index (χ4v) is 4.34. The summed E-state index contributed by atoms with van der Waals surface area (Å²) in [6, 6.07) is 7.70. The number of anilines is 1. The molecule has 2 amide bonds. The van der Waals surface area contributed by atoms with Gasteiger partial charge in [0.2, 0.25) is 5.91 Å². The summed E-state index contributed by atoms with van der Waals surface area (Å²) in [6.45, 7) is 3.03. The van der Waals surface area contributed by atoms with E-state index in [0.717, 1.165) is 12.8 Å². The number of aliphatic hydroxyl groups excluding tert-OH is 1. The molecule has 1 atom stereocenters. The minimum absolute atomic E-state index is 0.0788. The van der Waals surface area contributed by atoms with E-state index < -0.39 is 23.2 Å². The number of pyridine rings is 1. The lowest BCUT2D eigenvalue weighted by molar-refractivity contribution is -0.124. The molecule has 8 nitrogen and oxygen atoms in total. The van der Waals surface area contributed by atoms with Crippen molar-refractivity contribution in [1.29, 1.82) is 0 Å². The molecular weight excluding hydrogens is 439 g/mol. The Morgan fingerprint density at radius 1 is 1.18 bits per heavy atom. The molecule has 2 aliphatic rings. The zero-order valence-electron chi connectivity index (χ0n) is 19.1. The molecule has 9 heteroatoms. The van der Waals surface area contributed by atoms with Crippen molar-refractivity contribution in [1.82, 2.24) is 15.6 Å². The summed E-state index contributed by atoms with van der Waals surface area (Å²) in [4.78, 5) is 43.4. The van der Waals surface area contributed by atoms with E-state index in [1.54, 1.807) is 24.3 Å². The summed E-state index contributed by atoms with van der Waals surface area (Å²) in [5.74, 6) is -1.50. The summed E-state index contributed by atoms with van der Waals surface area (Å²) in [6.07, 6.45) is 4.52. The number of carbonyl (C=O) groups is 3. The van der Waals surface area contributed by atoms with Gasteiger partial charge in [-0.05, 0) is 62.8 Å². The Bertz CT molecular complexity index is 1060. The third-order valence-electron chi connectivity index (χ3n) is 6.60.